The van der Waals surface area contributed by atoms with E-state index >= 15 is 0 Å². The number of nitrogens with one attached hydrogen (secondary N) is 2. The van der Waals surface area contributed by atoms with Gasteiger partial charge in [-0.25, -0.2) is 0 Å². The molecule has 0 spiro atoms. The number of carbonyl (C=O) groups excluding carboxylic acids is 2. The molecule has 0 aliphatic heterocycles. The van der Waals surface area contributed by atoms with Gasteiger partial charge >= 0.3 is 45.4 Å². The summed E-state index contributed by atoms with van der Waals surface area (Å²) in [5, 5.41) is 9.55. The maximum atomic E-state index is 9.38. The third-order valence-corrected chi connectivity index (χ3v) is 10.2. The third-order valence-electron chi connectivity index (χ3n) is 10.2. The summed E-state index contributed by atoms with van der Waals surface area (Å²) in [6.07, 6.45) is 8.14. The number of hydrogen-bond donors (Lipinski definition) is 2. The molecule has 8 rings (SSSR count). The van der Waals surface area contributed by atoms with Crippen LogP contribution < -0.4 is 10.5 Å². The number of benzene rings is 6. The molecule has 8 aromatic rings. The molecule has 301 valence electrons. The van der Waals surface area contributed by atoms with E-state index in [-0.39, 0.29) is 0 Å². The molecule has 0 aliphatic rings. The molecular formula is C52H50BCl2N2O2Zr. The monoisotopic (exact) mass is 905 g/mol. The number of rotatable bonds is 14. The topological polar surface area (TPSA) is 58.2 Å². The fourth-order valence-electron chi connectivity index (χ4n) is 7.39. The fourth-order valence-corrected chi connectivity index (χ4v) is 7.39. The van der Waals surface area contributed by atoms with Gasteiger partial charge in [0.2, 0.25) is 0 Å². The van der Waals surface area contributed by atoms with Crippen molar-refractivity contribution in [2.24, 2.45) is 0 Å². The Kier molecular flexibility index (Phi) is 19.7. The van der Waals surface area contributed by atoms with Gasteiger partial charge in [-0.05, 0) is 47.9 Å². The predicted molar refractivity (Wildman–Crippen MR) is 254 cm³/mol. The normalized spacial score (nSPS) is 10.1. The van der Waals surface area contributed by atoms with E-state index in [0.717, 1.165) is 20.4 Å². The van der Waals surface area contributed by atoms with Crippen LogP contribution in [0.5, 0.6) is 0 Å². The number of halogens is 2. The first-order valence-corrected chi connectivity index (χ1v) is 26.7. The number of fused-ring (bicyclic) bond motifs is 2. The summed E-state index contributed by atoms with van der Waals surface area (Å²) in [6, 6.07) is 61.7. The molecule has 1 radical (unpaired) electrons. The van der Waals surface area contributed by atoms with Crippen LogP contribution in [-0.2, 0) is 43.3 Å². The number of aryl methyl sites for hydroxylation is 2. The first-order chi connectivity index (χ1) is 29.6. The van der Waals surface area contributed by atoms with Crippen molar-refractivity contribution in [2.75, 3.05) is 0 Å². The summed E-state index contributed by atoms with van der Waals surface area (Å²) in [7, 11) is 11.0. The molecule has 8 aromatic carbocycles. The maximum absolute atomic E-state index is 9.38. The first kappa shape index (κ1) is 46.1. The van der Waals surface area contributed by atoms with Gasteiger partial charge in [-0.15, -0.1) is 69.1 Å². The number of hydrogen-bond acceptors (Lipinski definition) is 2. The zero-order chi connectivity index (χ0) is 42.4. The summed E-state index contributed by atoms with van der Waals surface area (Å²) < 4.78 is 0. The summed E-state index contributed by atoms with van der Waals surface area (Å²) >= 11 is -0.826. The van der Waals surface area contributed by atoms with Gasteiger partial charge in [0.25, 0.3) is 0 Å². The molecule has 0 unspecified atom stereocenters. The van der Waals surface area contributed by atoms with E-state index in [0.29, 0.717) is 12.8 Å². The second-order valence-electron chi connectivity index (χ2n) is 14.1. The van der Waals surface area contributed by atoms with Crippen molar-refractivity contribution in [3.63, 3.8) is 0 Å². The molecular weight excluding hydrogens is 858 g/mol. The summed E-state index contributed by atoms with van der Waals surface area (Å²) in [5.41, 5.74) is 13.5. The van der Waals surface area contributed by atoms with Gasteiger partial charge in [-0.2, -0.15) is 0 Å². The van der Waals surface area contributed by atoms with Crippen molar-refractivity contribution in [3.8, 4) is 44.5 Å². The zero-order valence-corrected chi connectivity index (χ0v) is 38.2. The predicted octanol–water partition coefficient (Wildman–Crippen LogP) is 13.9. The SMILES string of the molecule is CCCCc1ccccc1-c1cccc2[cH-]c(-c3ccccc3)cc12.CCCCc1ccccc1-c1cccc2[cH-]c(-c3ccccc3)cc12.O=CN[B]NC=O.[Cl][Zr+2][Cl]. The Morgan fingerprint density at radius 1 is 0.517 bits per heavy atom. The van der Waals surface area contributed by atoms with Crippen LogP contribution in [0.15, 0.2) is 170 Å². The van der Waals surface area contributed by atoms with Gasteiger partial charge in [0.1, 0.15) is 0 Å². The van der Waals surface area contributed by atoms with Crippen LogP contribution in [0.3, 0.4) is 0 Å². The number of carbonyl (C=O) groups is 2. The Hall–Kier alpha value is -4.99. The Morgan fingerprint density at radius 3 is 1.27 bits per heavy atom. The minimum absolute atomic E-state index is 0.455. The zero-order valence-electron chi connectivity index (χ0n) is 34.2. The Morgan fingerprint density at radius 2 is 0.883 bits per heavy atom. The second-order valence-corrected chi connectivity index (χ2v) is 17.9. The summed E-state index contributed by atoms with van der Waals surface area (Å²) in [4.78, 5) is 18.8. The van der Waals surface area contributed by atoms with Crippen molar-refractivity contribution in [2.45, 2.75) is 52.4 Å². The summed E-state index contributed by atoms with van der Waals surface area (Å²) in [5.74, 6) is 0. The van der Waals surface area contributed by atoms with Crippen LogP contribution in [0.1, 0.15) is 50.7 Å². The third kappa shape index (κ3) is 13.0. The number of unbranched alkanes of at least 4 members (excludes halogenated alkanes) is 2. The fraction of sp³-hybridized carbons (Fsp3) is 0.154. The molecule has 0 fully saturated rings. The number of amides is 2. The minimum atomic E-state index is -0.826. The Bertz CT molecular complexity index is 2330. The van der Waals surface area contributed by atoms with Crippen molar-refractivity contribution in [1.82, 2.24) is 10.5 Å². The molecule has 0 aromatic heterocycles. The van der Waals surface area contributed by atoms with E-state index in [1.165, 1.54) is 103 Å². The van der Waals surface area contributed by atoms with Crippen LogP contribution in [-0.4, -0.2) is 20.4 Å². The van der Waals surface area contributed by atoms with Gasteiger partial charge in [0.15, 0.2) is 12.8 Å². The molecule has 2 amide bonds. The van der Waals surface area contributed by atoms with E-state index in [1.54, 1.807) is 0 Å². The van der Waals surface area contributed by atoms with Crippen molar-refractivity contribution in [1.29, 1.82) is 0 Å². The molecule has 60 heavy (non-hydrogen) atoms. The Balaban J connectivity index is 0.000000186. The van der Waals surface area contributed by atoms with Gasteiger partial charge in [0.05, 0.1) is 0 Å². The molecule has 4 nitrogen and oxygen atoms in total. The molecule has 0 atom stereocenters. The quantitative estimate of drug-likeness (QED) is 0.0494. The van der Waals surface area contributed by atoms with Gasteiger partial charge in [-0.1, -0.05) is 182 Å². The van der Waals surface area contributed by atoms with Crippen LogP contribution in [0.25, 0.3) is 66.1 Å². The van der Waals surface area contributed by atoms with Crippen molar-refractivity contribution >= 4 is 58.9 Å². The van der Waals surface area contributed by atoms with Crippen LogP contribution >= 0.6 is 17.0 Å². The molecule has 0 saturated carbocycles. The Labute approximate surface area is 375 Å². The van der Waals surface area contributed by atoms with Gasteiger partial charge < -0.3 is 10.5 Å². The van der Waals surface area contributed by atoms with E-state index in [9.17, 15) is 9.59 Å². The molecule has 8 heteroatoms. The van der Waals surface area contributed by atoms with Crippen LogP contribution in [0, 0.1) is 0 Å². The first-order valence-electron chi connectivity index (χ1n) is 20.4. The average molecular weight is 908 g/mol. The molecule has 0 saturated heterocycles. The standard InChI is InChI=1S/2C25H23.C2H4BN2O2.2ClH.Zr/c2*1-2-3-10-20-13-7-8-15-23(20)24-16-9-14-21-17-22(18-25(21)24)19-11-5-4-6-12-19;6-1-4-3-5-2-7;;;/h2*4-9,11-18H,2-3,10H2,1H3;1-2H,(H,4,6)(H,5,7);2*1H;/q2*-1;;;;+4/p-2. The molecule has 0 heterocycles. The van der Waals surface area contributed by atoms with Gasteiger partial charge in [-0.3, -0.25) is 9.59 Å². The average Bonchev–Trinajstić information content (AvgIpc) is 3.95. The van der Waals surface area contributed by atoms with E-state index < -0.39 is 20.8 Å². The molecule has 0 bridgehead atoms. The van der Waals surface area contributed by atoms with Crippen molar-refractivity contribution < 1.29 is 30.4 Å². The summed E-state index contributed by atoms with van der Waals surface area (Å²) in [6.45, 7) is 4.51. The molecule has 2 N–H and O–H groups in total. The van der Waals surface area contributed by atoms with Crippen LogP contribution in [0.2, 0.25) is 0 Å². The van der Waals surface area contributed by atoms with E-state index in [2.05, 4.69) is 194 Å². The van der Waals surface area contributed by atoms with Crippen LogP contribution in [0.4, 0.5) is 0 Å². The molecule has 0 aliphatic carbocycles. The van der Waals surface area contributed by atoms with Crippen molar-refractivity contribution in [3.05, 3.63) is 181 Å². The van der Waals surface area contributed by atoms with E-state index in [4.69, 9.17) is 17.0 Å². The van der Waals surface area contributed by atoms with E-state index in [1.807, 2.05) is 0 Å². The second kappa shape index (κ2) is 25.6. The van der Waals surface area contributed by atoms with Gasteiger partial charge in [0, 0.05) is 0 Å².